The van der Waals surface area contributed by atoms with Crippen LogP contribution in [0.3, 0.4) is 0 Å². The fraction of sp³-hybridized carbons (Fsp3) is 0.833. The molecule has 2 saturated carbocycles. The first-order valence-electron chi connectivity index (χ1n) is 5.59. The molecule has 0 spiro atoms. The summed E-state index contributed by atoms with van der Waals surface area (Å²) < 4.78 is 0. The molecule has 2 fully saturated rings. The van der Waals surface area contributed by atoms with Crippen LogP contribution < -0.4 is 0 Å². The third-order valence-corrected chi connectivity index (χ3v) is 4.81. The average molecular weight is 194 g/mol. The molecule has 0 aromatic carbocycles. The molecule has 78 valence electrons. The topological polar surface area (TPSA) is 40.5 Å². The molecule has 2 nitrogen and oxygen atoms in total. The van der Waals surface area contributed by atoms with Gasteiger partial charge in [0.25, 0.3) is 0 Å². The van der Waals surface area contributed by atoms with Crippen LogP contribution in [0.25, 0.3) is 0 Å². The van der Waals surface area contributed by atoms with Crippen LogP contribution >= 0.6 is 0 Å². The third kappa shape index (κ3) is 0.842. The van der Waals surface area contributed by atoms with E-state index in [1.54, 1.807) is 0 Å². The van der Waals surface area contributed by atoms with Crippen molar-refractivity contribution in [3.8, 4) is 0 Å². The molecule has 2 N–H and O–H groups in total. The highest BCUT2D eigenvalue weighted by molar-refractivity contribution is 5.40. The Morgan fingerprint density at radius 1 is 1.36 bits per heavy atom. The van der Waals surface area contributed by atoms with Crippen LogP contribution in [-0.4, -0.2) is 21.9 Å². The lowest BCUT2D eigenvalue weighted by Crippen LogP contribution is -2.36. The molecule has 3 aliphatic carbocycles. The number of fused-ring (bicyclic) bond motifs is 3. The van der Waals surface area contributed by atoms with Crippen LogP contribution in [0.15, 0.2) is 11.6 Å². The Labute approximate surface area is 84.6 Å². The maximum atomic E-state index is 10.4. The van der Waals surface area contributed by atoms with Gasteiger partial charge in [-0.1, -0.05) is 13.0 Å². The molecule has 0 aliphatic heterocycles. The van der Waals surface area contributed by atoms with Crippen molar-refractivity contribution < 1.29 is 10.2 Å². The van der Waals surface area contributed by atoms with Gasteiger partial charge in [0.05, 0.1) is 11.7 Å². The highest BCUT2D eigenvalue weighted by Gasteiger charge is 2.68. The van der Waals surface area contributed by atoms with Gasteiger partial charge in [-0.2, -0.15) is 0 Å². The molecular weight excluding hydrogens is 176 g/mol. The summed E-state index contributed by atoms with van der Waals surface area (Å²) in [5, 5.41) is 20.0. The van der Waals surface area contributed by atoms with Crippen molar-refractivity contribution in [2.75, 3.05) is 0 Å². The Kier molecular flexibility index (Phi) is 1.43. The fourth-order valence-corrected chi connectivity index (χ4v) is 3.90. The van der Waals surface area contributed by atoms with E-state index in [0.29, 0.717) is 11.8 Å². The number of aliphatic hydroxyl groups excluding tert-OH is 1. The van der Waals surface area contributed by atoms with Crippen molar-refractivity contribution in [3.05, 3.63) is 11.6 Å². The molecule has 0 amide bonds. The zero-order valence-corrected chi connectivity index (χ0v) is 8.83. The Morgan fingerprint density at radius 2 is 2.07 bits per heavy atom. The van der Waals surface area contributed by atoms with E-state index in [1.165, 1.54) is 6.42 Å². The molecule has 0 saturated heterocycles. The number of rotatable bonds is 0. The minimum Gasteiger partial charge on any atom is -0.389 e. The molecule has 0 radical (unpaired) electrons. The zero-order valence-electron chi connectivity index (χ0n) is 8.83. The quantitative estimate of drug-likeness (QED) is 0.573. The van der Waals surface area contributed by atoms with E-state index in [1.807, 2.05) is 13.0 Å². The van der Waals surface area contributed by atoms with Gasteiger partial charge in [-0.05, 0) is 49.0 Å². The van der Waals surface area contributed by atoms with Crippen LogP contribution in [0.5, 0.6) is 0 Å². The molecule has 14 heavy (non-hydrogen) atoms. The highest BCUT2D eigenvalue weighted by Crippen LogP contribution is 2.71. The van der Waals surface area contributed by atoms with Crippen LogP contribution in [0, 0.1) is 17.3 Å². The number of hydrogen-bond acceptors (Lipinski definition) is 2. The Hall–Kier alpha value is -0.340. The summed E-state index contributed by atoms with van der Waals surface area (Å²) in [4.78, 5) is 0. The first kappa shape index (κ1) is 8.93. The van der Waals surface area contributed by atoms with Gasteiger partial charge in [0.1, 0.15) is 0 Å². The minimum atomic E-state index is -0.638. The lowest BCUT2D eigenvalue weighted by Gasteiger charge is -2.38. The van der Waals surface area contributed by atoms with Crippen LogP contribution in [-0.2, 0) is 0 Å². The van der Waals surface area contributed by atoms with Crippen molar-refractivity contribution in [2.24, 2.45) is 17.3 Å². The summed E-state index contributed by atoms with van der Waals surface area (Å²) in [7, 11) is 0. The first-order valence-corrected chi connectivity index (χ1v) is 5.59. The fourth-order valence-electron chi connectivity index (χ4n) is 3.90. The first-order chi connectivity index (χ1) is 6.46. The maximum Gasteiger partial charge on any atom is 0.0866 e. The molecule has 0 aromatic rings. The maximum absolute atomic E-state index is 10.4. The van der Waals surface area contributed by atoms with E-state index in [4.69, 9.17) is 0 Å². The van der Waals surface area contributed by atoms with Crippen molar-refractivity contribution in [1.82, 2.24) is 0 Å². The molecule has 3 aliphatic rings. The van der Waals surface area contributed by atoms with Gasteiger partial charge in [0.2, 0.25) is 0 Å². The van der Waals surface area contributed by atoms with E-state index in [-0.39, 0.29) is 11.5 Å². The van der Waals surface area contributed by atoms with Crippen molar-refractivity contribution in [2.45, 2.75) is 44.8 Å². The lowest BCUT2D eigenvalue weighted by atomic mass is 9.69. The Balaban J connectivity index is 2.10. The minimum absolute atomic E-state index is 0.188. The lowest BCUT2D eigenvalue weighted by molar-refractivity contribution is 0.0686. The molecule has 5 atom stereocenters. The van der Waals surface area contributed by atoms with E-state index in [2.05, 4.69) is 6.92 Å². The Morgan fingerprint density at radius 3 is 2.79 bits per heavy atom. The van der Waals surface area contributed by atoms with Crippen molar-refractivity contribution >= 4 is 0 Å². The van der Waals surface area contributed by atoms with Crippen LogP contribution in [0.4, 0.5) is 0 Å². The summed E-state index contributed by atoms with van der Waals surface area (Å²) in [5.74, 6) is 1.14. The second kappa shape index (κ2) is 2.25. The predicted octanol–water partition coefficient (Wildman–Crippen LogP) is 1.47. The second-order valence-electron chi connectivity index (χ2n) is 5.70. The monoisotopic (exact) mass is 194 g/mol. The summed E-state index contributed by atoms with van der Waals surface area (Å²) in [6, 6.07) is 0. The summed E-state index contributed by atoms with van der Waals surface area (Å²) >= 11 is 0. The molecule has 0 bridgehead atoms. The summed E-state index contributed by atoms with van der Waals surface area (Å²) in [6.45, 7) is 4.18. The number of hydrogen-bond donors (Lipinski definition) is 2. The molecule has 0 aromatic heterocycles. The molecular formula is C12H18O2. The van der Waals surface area contributed by atoms with E-state index >= 15 is 0 Å². The third-order valence-electron chi connectivity index (χ3n) is 4.81. The molecule has 0 unspecified atom stereocenters. The average Bonchev–Trinajstić information content (AvgIpc) is 2.85. The second-order valence-corrected chi connectivity index (χ2v) is 5.70. The van der Waals surface area contributed by atoms with Gasteiger partial charge in [-0.3, -0.25) is 0 Å². The molecule has 2 heteroatoms. The van der Waals surface area contributed by atoms with Crippen LogP contribution in [0.1, 0.15) is 33.1 Å². The Bertz CT molecular complexity index is 318. The smallest absolute Gasteiger partial charge is 0.0866 e. The van der Waals surface area contributed by atoms with E-state index in [0.717, 1.165) is 18.4 Å². The van der Waals surface area contributed by atoms with Gasteiger partial charge in [-0.25, -0.2) is 0 Å². The zero-order chi connectivity index (χ0) is 10.1. The SMILES string of the molecule is C[C@]1(O)C2=C[C@H](O)CC[C@@]2(C)[C@@H]2C[C@@H]21. The van der Waals surface area contributed by atoms with Gasteiger partial charge < -0.3 is 10.2 Å². The molecule has 3 rings (SSSR count). The molecule has 0 heterocycles. The summed E-state index contributed by atoms with van der Waals surface area (Å²) in [5.41, 5.74) is 0.666. The van der Waals surface area contributed by atoms with E-state index < -0.39 is 5.60 Å². The predicted molar refractivity (Wildman–Crippen MR) is 53.7 cm³/mol. The van der Waals surface area contributed by atoms with Gasteiger partial charge >= 0.3 is 0 Å². The van der Waals surface area contributed by atoms with Gasteiger partial charge in [-0.15, -0.1) is 0 Å². The van der Waals surface area contributed by atoms with Gasteiger partial charge in [0.15, 0.2) is 0 Å². The largest absolute Gasteiger partial charge is 0.389 e. The van der Waals surface area contributed by atoms with Gasteiger partial charge in [0, 0.05) is 0 Å². The van der Waals surface area contributed by atoms with Crippen molar-refractivity contribution in [1.29, 1.82) is 0 Å². The standard InChI is InChI=1S/C12H18O2/c1-11-4-3-7(13)5-10(11)12(2,14)9-6-8(9)11/h5,7-9,13-14H,3-4,6H2,1-2H3/t7-,8-,9+,11+,12-/m1/s1. The van der Waals surface area contributed by atoms with Crippen molar-refractivity contribution in [3.63, 3.8) is 0 Å². The summed E-state index contributed by atoms with van der Waals surface area (Å²) in [6.07, 6.45) is 4.66. The van der Waals surface area contributed by atoms with Crippen LogP contribution in [0.2, 0.25) is 0 Å². The highest BCUT2D eigenvalue weighted by atomic mass is 16.3. The van der Waals surface area contributed by atoms with E-state index in [9.17, 15) is 10.2 Å². The normalized spacial score (nSPS) is 60.3. The number of aliphatic hydroxyl groups is 2.